The highest BCUT2D eigenvalue weighted by atomic mass is 16.5. The average molecular weight is 190 g/mol. The second-order valence-electron chi connectivity index (χ2n) is 3.31. The summed E-state index contributed by atoms with van der Waals surface area (Å²) in [6.45, 7) is 0. The molecule has 1 aliphatic rings. The Hall–Kier alpha value is -1.64. The zero-order valence-corrected chi connectivity index (χ0v) is 7.60. The van der Waals surface area contributed by atoms with Gasteiger partial charge in [0.05, 0.1) is 11.7 Å². The zero-order chi connectivity index (χ0) is 9.97. The summed E-state index contributed by atoms with van der Waals surface area (Å²) in [5.74, 6) is 0.520. The van der Waals surface area contributed by atoms with Crippen molar-refractivity contribution in [2.24, 2.45) is 0 Å². The Labute approximate surface area is 81.7 Å². The van der Waals surface area contributed by atoms with Gasteiger partial charge < -0.3 is 4.74 Å². The number of hydrogen-bond acceptors (Lipinski definition) is 3. The van der Waals surface area contributed by atoms with Crippen LogP contribution in [0.1, 0.15) is 33.6 Å². The molecule has 0 atom stereocenters. The predicted octanol–water partition coefficient (Wildman–Crippen LogP) is 1.85. The van der Waals surface area contributed by atoms with E-state index in [4.69, 9.17) is 4.74 Å². The molecule has 1 saturated carbocycles. The number of carbonyl (C=O) groups is 2. The van der Waals surface area contributed by atoms with Gasteiger partial charge in [0, 0.05) is 5.56 Å². The van der Waals surface area contributed by atoms with E-state index in [9.17, 15) is 9.59 Å². The highest BCUT2D eigenvalue weighted by molar-refractivity contribution is 5.92. The molecular weight excluding hydrogens is 180 g/mol. The molecule has 1 aromatic carbocycles. The number of hydrogen-bond donors (Lipinski definition) is 0. The van der Waals surface area contributed by atoms with Crippen molar-refractivity contribution in [3.05, 3.63) is 29.3 Å². The Morgan fingerprint density at radius 3 is 2.57 bits per heavy atom. The van der Waals surface area contributed by atoms with Crippen molar-refractivity contribution >= 4 is 12.6 Å². The first-order valence-electron chi connectivity index (χ1n) is 4.55. The standard InChI is InChI=1S/C11H10O3/c12-6-8-2-1-3-11(10(8)7-13)14-9-4-5-9/h1-3,6-7,9H,4-5H2. The first-order valence-corrected chi connectivity index (χ1v) is 4.55. The molecule has 0 heterocycles. The number of benzene rings is 1. The normalized spacial score (nSPS) is 14.9. The molecule has 0 aliphatic heterocycles. The van der Waals surface area contributed by atoms with E-state index in [2.05, 4.69) is 0 Å². The minimum absolute atomic E-state index is 0.232. The molecular formula is C11H10O3. The Balaban J connectivity index is 2.35. The summed E-state index contributed by atoms with van der Waals surface area (Å²) in [6.07, 6.45) is 3.63. The number of rotatable bonds is 4. The number of carbonyl (C=O) groups excluding carboxylic acids is 2. The van der Waals surface area contributed by atoms with Gasteiger partial charge >= 0.3 is 0 Å². The smallest absolute Gasteiger partial charge is 0.154 e. The van der Waals surface area contributed by atoms with Crippen LogP contribution in [0.4, 0.5) is 0 Å². The fourth-order valence-electron chi connectivity index (χ4n) is 1.26. The number of ether oxygens (including phenoxy) is 1. The van der Waals surface area contributed by atoms with Crippen LogP contribution < -0.4 is 4.74 Å². The summed E-state index contributed by atoms with van der Waals surface area (Å²) >= 11 is 0. The van der Waals surface area contributed by atoms with Crippen LogP contribution >= 0.6 is 0 Å². The molecule has 3 nitrogen and oxygen atoms in total. The molecule has 0 unspecified atom stereocenters. The predicted molar refractivity (Wildman–Crippen MR) is 50.9 cm³/mol. The minimum Gasteiger partial charge on any atom is -0.490 e. The Kier molecular flexibility index (Phi) is 2.31. The molecule has 3 heteroatoms. The topological polar surface area (TPSA) is 43.4 Å². The summed E-state index contributed by atoms with van der Waals surface area (Å²) < 4.78 is 5.50. The van der Waals surface area contributed by atoms with Gasteiger partial charge in [-0.2, -0.15) is 0 Å². The van der Waals surface area contributed by atoms with Crippen molar-refractivity contribution in [3.63, 3.8) is 0 Å². The third-order valence-electron chi connectivity index (χ3n) is 2.16. The lowest BCUT2D eigenvalue weighted by molar-refractivity contribution is 0.109. The molecule has 0 aromatic heterocycles. The van der Waals surface area contributed by atoms with E-state index in [-0.39, 0.29) is 6.10 Å². The molecule has 0 radical (unpaired) electrons. The van der Waals surface area contributed by atoms with Gasteiger partial charge in [-0.3, -0.25) is 9.59 Å². The lowest BCUT2D eigenvalue weighted by Crippen LogP contribution is -2.01. The molecule has 1 aliphatic carbocycles. The van der Waals surface area contributed by atoms with Crippen molar-refractivity contribution in [1.29, 1.82) is 0 Å². The van der Waals surface area contributed by atoms with Gasteiger partial charge in [0.1, 0.15) is 5.75 Å². The van der Waals surface area contributed by atoms with Crippen LogP contribution in [0.15, 0.2) is 18.2 Å². The van der Waals surface area contributed by atoms with E-state index >= 15 is 0 Å². The van der Waals surface area contributed by atoms with Gasteiger partial charge in [0.15, 0.2) is 12.6 Å². The van der Waals surface area contributed by atoms with Crippen LogP contribution in [0.3, 0.4) is 0 Å². The lowest BCUT2D eigenvalue weighted by atomic mass is 10.1. The van der Waals surface area contributed by atoms with Gasteiger partial charge in [-0.25, -0.2) is 0 Å². The summed E-state index contributed by atoms with van der Waals surface area (Å²) in [7, 11) is 0. The summed E-state index contributed by atoms with van der Waals surface area (Å²) in [5.41, 5.74) is 0.743. The van der Waals surface area contributed by atoms with Crippen LogP contribution in [-0.4, -0.2) is 18.7 Å². The maximum atomic E-state index is 10.8. The van der Waals surface area contributed by atoms with E-state index < -0.39 is 0 Å². The highest BCUT2D eigenvalue weighted by Gasteiger charge is 2.24. The zero-order valence-electron chi connectivity index (χ0n) is 7.60. The van der Waals surface area contributed by atoms with Crippen molar-refractivity contribution < 1.29 is 14.3 Å². The molecule has 14 heavy (non-hydrogen) atoms. The first kappa shape index (κ1) is 8.94. The van der Waals surface area contributed by atoms with Gasteiger partial charge in [0.25, 0.3) is 0 Å². The summed E-state index contributed by atoms with van der Waals surface area (Å²) in [6, 6.07) is 5.04. The molecule has 0 saturated heterocycles. The molecule has 0 bridgehead atoms. The van der Waals surface area contributed by atoms with Gasteiger partial charge in [0.2, 0.25) is 0 Å². The van der Waals surface area contributed by atoms with Crippen LogP contribution in [-0.2, 0) is 0 Å². The van der Waals surface area contributed by atoms with Crippen molar-refractivity contribution in [2.45, 2.75) is 18.9 Å². The van der Waals surface area contributed by atoms with Crippen LogP contribution in [0.2, 0.25) is 0 Å². The van der Waals surface area contributed by atoms with E-state index in [1.807, 2.05) is 0 Å². The van der Waals surface area contributed by atoms with Gasteiger partial charge in [-0.1, -0.05) is 12.1 Å². The second kappa shape index (κ2) is 3.62. The Morgan fingerprint density at radius 2 is 2.00 bits per heavy atom. The van der Waals surface area contributed by atoms with Crippen LogP contribution in [0, 0.1) is 0 Å². The molecule has 1 aromatic rings. The van der Waals surface area contributed by atoms with Crippen LogP contribution in [0.5, 0.6) is 5.75 Å². The maximum absolute atomic E-state index is 10.8. The largest absolute Gasteiger partial charge is 0.490 e. The molecule has 0 amide bonds. The SMILES string of the molecule is O=Cc1cccc(OC2CC2)c1C=O. The summed E-state index contributed by atoms with van der Waals surface area (Å²) in [5, 5.41) is 0. The molecule has 72 valence electrons. The first-order chi connectivity index (χ1) is 6.85. The quantitative estimate of drug-likeness (QED) is 0.680. The second-order valence-corrected chi connectivity index (χ2v) is 3.31. The van der Waals surface area contributed by atoms with E-state index in [1.165, 1.54) is 0 Å². The molecule has 0 N–H and O–H groups in total. The van der Waals surface area contributed by atoms with Crippen molar-refractivity contribution in [2.75, 3.05) is 0 Å². The van der Waals surface area contributed by atoms with Gasteiger partial charge in [-0.15, -0.1) is 0 Å². The average Bonchev–Trinajstić information content (AvgIpc) is 3.01. The fraction of sp³-hybridized carbons (Fsp3) is 0.273. The summed E-state index contributed by atoms with van der Waals surface area (Å²) in [4.78, 5) is 21.4. The maximum Gasteiger partial charge on any atom is 0.154 e. The van der Waals surface area contributed by atoms with Crippen molar-refractivity contribution in [3.8, 4) is 5.75 Å². The third kappa shape index (κ3) is 1.66. The molecule has 2 rings (SSSR count). The van der Waals surface area contributed by atoms with E-state index in [0.29, 0.717) is 29.4 Å². The molecule has 0 spiro atoms. The van der Waals surface area contributed by atoms with Crippen molar-refractivity contribution in [1.82, 2.24) is 0 Å². The third-order valence-corrected chi connectivity index (χ3v) is 2.16. The monoisotopic (exact) mass is 190 g/mol. The lowest BCUT2D eigenvalue weighted by Gasteiger charge is -2.07. The van der Waals surface area contributed by atoms with E-state index in [1.54, 1.807) is 18.2 Å². The molecule has 1 fully saturated rings. The Morgan fingerprint density at radius 1 is 1.21 bits per heavy atom. The highest BCUT2D eigenvalue weighted by Crippen LogP contribution is 2.29. The number of aldehydes is 2. The minimum atomic E-state index is 0.232. The van der Waals surface area contributed by atoms with Gasteiger partial charge in [-0.05, 0) is 18.9 Å². The van der Waals surface area contributed by atoms with Crippen LogP contribution in [0.25, 0.3) is 0 Å². The Bertz CT molecular complexity index is 367. The fourth-order valence-corrected chi connectivity index (χ4v) is 1.26. The van der Waals surface area contributed by atoms with E-state index in [0.717, 1.165) is 12.8 Å².